The lowest BCUT2D eigenvalue weighted by atomic mass is 9.77. The van der Waals surface area contributed by atoms with E-state index in [-0.39, 0.29) is 11.4 Å². The number of rotatable bonds is 3. The van der Waals surface area contributed by atoms with E-state index in [1.807, 2.05) is 0 Å². The number of hydrogen-bond acceptors (Lipinski definition) is 6. The van der Waals surface area contributed by atoms with Gasteiger partial charge in [0.25, 0.3) is 11.9 Å². The monoisotopic (exact) mass is 407 g/mol. The van der Waals surface area contributed by atoms with Gasteiger partial charge >= 0.3 is 5.92 Å². The fourth-order valence-corrected chi connectivity index (χ4v) is 3.14. The van der Waals surface area contributed by atoms with E-state index in [1.165, 1.54) is 18.5 Å². The normalized spacial score (nSPS) is 22.4. The van der Waals surface area contributed by atoms with Crippen LogP contribution >= 0.6 is 0 Å². The Balaban J connectivity index is 2.02. The van der Waals surface area contributed by atoms with E-state index in [0.29, 0.717) is 5.69 Å². The van der Waals surface area contributed by atoms with E-state index in [1.54, 1.807) is 6.92 Å². The molecule has 1 aliphatic rings. The molecule has 0 radical (unpaired) electrons. The Morgan fingerprint density at radius 3 is 2.48 bits per heavy atom. The molecule has 0 saturated heterocycles. The molecule has 0 spiro atoms. The van der Waals surface area contributed by atoms with Crippen LogP contribution in [0.3, 0.4) is 0 Å². The van der Waals surface area contributed by atoms with Crippen LogP contribution in [-0.4, -0.2) is 33.4 Å². The number of carbonyl (C=O) groups is 1. The molecule has 154 valence electrons. The predicted octanol–water partition coefficient (Wildman–Crippen LogP) is 3.15. The van der Waals surface area contributed by atoms with E-state index in [2.05, 4.69) is 20.3 Å². The van der Waals surface area contributed by atoms with Crippen molar-refractivity contribution < 1.29 is 22.7 Å². The van der Waals surface area contributed by atoms with Crippen LogP contribution in [0.4, 0.5) is 18.9 Å². The SMILES string of the molecule is Cc1cnc(C(=O)Nc2ccc(F)c([C@@]3(C)N=C(N)OC(C)(C)C3(F)F)c2)cn1. The van der Waals surface area contributed by atoms with Crippen molar-refractivity contribution in [1.82, 2.24) is 9.97 Å². The number of anilines is 1. The first-order valence-electron chi connectivity index (χ1n) is 8.69. The Hall–Kier alpha value is -3.17. The highest BCUT2D eigenvalue weighted by atomic mass is 19.3. The van der Waals surface area contributed by atoms with Crippen molar-refractivity contribution >= 4 is 17.6 Å². The highest BCUT2D eigenvalue weighted by Gasteiger charge is 2.66. The summed E-state index contributed by atoms with van der Waals surface area (Å²) in [5.74, 6) is -5.16. The average molecular weight is 407 g/mol. The molecule has 1 aliphatic heterocycles. The maximum Gasteiger partial charge on any atom is 0.315 e. The zero-order valence-corrected chi connectivity index (χ0v) is 16.3. The minimum Gasteiger partial charge on any atom is -0.453 e. The van der Waals surface area contributed by atoms with Gasteiger partial charge in [-0.25, -0.2) is 14.4 Å². The minimum atomic E-state index is -3.62. The van der Waals surface area contributed by atoms with Crippen LogP contribution in [0.1, 0.15) is 42.5 Å². The maximum absolute atomic E-state index is 15.2. The molecule has 0 unspecified atom stereocenters. The molecule has 0 fully saturated rings. The van der Waals surface area contributed by atoms with Gasteiger partial charge in [-0.3, -0.25) is 9.78 Å². The van der Waals surface area contributed by atoms with Crippen molar-refractivity contribution in [2.75, 3.05) is 5.32 Å². The van der Waals surface area contributed by atoms with Gasteiger partial charge in [0.2, 0.25) is 0 Å². The number of nitrogens with one attached hydrogen (secondary N) is 1. The van der Waals surface area contributed by atoms with Crippen molar-refractivity contribution in [1.29, 1.82) is 0 Å². The van der Waals surface area contributed by atoms with Crippen LogP contribution in [0.15, 0.2) is 35.6 Å². The Kier molecular flexibility index (Phi) is 4.76. The van der Waals surface area contributed by atoms with Crippen molar-refractivity contribution in [3.05, 3.63) is 53.4 Å². The van der Waals surface area contributed by atoms with Gasteiger partial charge in [0.1, 0.15) is 11.5 Å². The second-order valence-electron chi connectivity index (χ2n) is 7.40. The molecule has 10 heteroatoms. The number of amides is 1. The lowest BCUT2D eigenvalue weighted by Crippen LogP contribution is -2.62. The van der Waals surface area contributed by atoms with Crippen LogP contribution in [-0.2, 0) is 10.3 Å². The Labute approximate surface area is 165 Å². The molecule has 0 bridgehead atoms. The van der Waals surface area contributed by atoms with Gasteiger partial charge < -0.3 is 15.8 Å². The molecule has 29 heavy (non-hydrogen) atoms. The summed E-state index contributed by atoms with van der Waals surface area (Å²) >= 11 is 0. The molecule has 1 aromatic carbocycles. The van der Waals surface area contributed by atoms with Gasteiger partial charge in [-0.05, 0) is 45.9 Å². The maximum atomic E-state index is 15.2. The van der Waals surface area contributed by atoms with Crippen molar-refractivity contribution in [2.24, 2.45) is 10.7 Å². The van der Waals surface area contributed by atoms with Gasteiger partial charge in [0.15, 0.2) is 11.1 Å². The third-order valence-corrected chi connectivity index (χ3v) is 4.82. The molecule has 7 nitrogen and oxygen atoms in total. The molecule has 0 saturated carbocycles. The molecule has 1 atom stereocenters. The Morgan fingerprint density at radius 2 is 1.86 bits per heavy atom. The molecular formula is C19H20F3N5O2. The van der Waals surface area contributed by atoms with Gasteiger partial charge in [-0.15, -0.1) is 0 Å². The Morgan fingerprint density at radius 1 is 1.17 bits per heavy atom. The zero-order chi connectivity index (χ0) is 21.6. The summed E-state index contributed by atoms with van der Waals surface area (Å²) in [5.41, 5.74) is 1.50. The van der Waals surface area contributed by atoms with E-state index >= 15 is 8.78 Å². The van der Waals surface area contributed by atoms with Gasteiger partial charge in [0, 0.05) is 17.4 Å². The fourth-order valence-electron chi connectivity index (χ4n) is 3.14. The lowest BCUT2D eigenvalue weighted by molar-refractivity contribution is -0.207. The second-order valence-corrected chi connectivity index (χ2v) is 7.40. The first kappa shape index (κ1) is 20.6. The number of nitrogens with zero attached hydrogens (tertiary/aromatic N) is 3. The third-order valence-electron chi connectivity index (χ3n) is 4.82. The van der Waals surface area contributed by atoms with Crippen molar-refractivity contribution in [3.63, 3.8) is 0 Å². The van der Waals surface area contributed by atoms with Crippen LogP contribution in [0, 0.1) is 12.7 Å². The van der Waals surface area contributed by atoms with Gasteiger partial charge in [-0.1, -0.05) is 0 Å². The lowest BCUT2D eigenvalue weighted by Gasteiger charge is -2.46. The highest BCUT2D eigenvalue weighted by Crippen LogP contribution is 2.51. The summed E-state index contributed by atoms with van der Waals surface area (Å²) < 4.78 is 50.0. The van der Waals surface area contributed by atoms with E-state index in [9.17, 15) is 9.18 Å². The van der Waals surface area contributed by atoms with Crippen LogP contribution in [0.25, 0.3) is 0 Å². The number of aliphatic imine (C=N–C) groups is 1. The summed E-state index contributed by atoms with van der Waals surface area (Å²) in [7, 11) is 0. The van der Waals surface area contributed by atoms with E-state index < -0.39 is 40.4 Å². The average Bonchev–Trinajstić information content (AvgIpc) is 2.61. The number of nitrogens with two attached hydrogens (primary N) is 1. The molecular weight excluding hydrogens is 387 g/mol. The number of hydrogen-bond donors (Lipinski definition) is 2. The number of carbonyl (C=O) groups excluding carboxylic acids is 1. The number of ether oxygens (including phenoxy) is 1. The number of alkyl halides is 2. The van der Waals surface area contributed by atoms with Crippen molar-refractivity contribution in [3.8, 4) is 0 Å². The summed E-state index contributed by atoms with van der Waals surface area (Å²) in [6, 6.07) is 2.84. The largest absolute Gasteiger partial charge is 0.453 e. The van der Waals surface area contributed by atoms with E-state index in [0.717, 1.165) is 32.9 Å². The third kappa shape index (κ3) is 3.39. The summed E-state index contributed by atoms with van der Waals surface area (Å²) in [4.78, 5) is 24.0. The molecule has 0 aliphatic carbocycles. The number of benzene rings is 1. The van der Waals surface area contributed by atoms with Gasteiger partial charge in [0.05, 0.1) is 11.9 Å². The number of amidine groups is 1. The summed E-state index contributed by atoms with van der Waals surface area (Å²) in [6.45, 7) is 5.07. The molecule has 2 aromatic rings. The molecule has 2 heterocycles. The Bertz CT molecular complexity index is 992. The zero-order valence-electron chi connectivity index (χ0n) is 16.3. The quantitative estimate of drug-likeness (QED) is 0.814. The first-order chi connectivity index (χ1) is 13.4. The number of halogens is 3. The highest BCUT2D eigenvalue weighted by molar-refractivity contribution is 6.02. The number of aromatic nitrogens is 2. The molecule has 1 aromatic heterocycles. The molecule has 1 amide bonds. The molecule has 3 N–H and O–H groups in total. The summed E-state index contributed by atoms with van der Waals surface area (Å²) in [5, 5.41) is 2.50. The second kappa shape index (κ2) is 6.71. The van der Waals surface area contributed by atoms with Gasteiger partial charge in [-0.2, -0.15) is 8.78 Å². The van der Waals surface area contributed by atoms with Crippen LogP contribution in [0.5, 0.6) is 0 Å². The minimum absolute atomic E-state index is 0.0208. The van der Waals surface area contributed by atoms with Crippen LogP contribution < -0.4 is 11.1 Å². The smallest absolute Gasteiger partial charge is 0.315 e. The van der Waals surface area contributed by atoms with E-state index in [4.69, 9.17) is 10.5 Å². The first-order valence-corrected chi connectivity index (χ1v) is 8.69. The predicted molar refractivity (Wildman–Crippen MR) is 100 cm³/mol. The standard InChI is InChI=1S/C19H20F3N5O2/c1-10-8-25-14(9-24-10)15(28)26-11-5-6-13(20)12(7-11)18(4)19(21,22)17(2,3)29-16(23)27-18/h5-9H,1-4H3,(H2,23,27)(H,26,28)/t18-/m1/s1. The van der Waals surface area contributed by atoms with Crippen molar-refractivity contribution in [2.45, 2.75) is 44.8 Å². The molecule has 3 rings (SSSR count). The summed E-state index contributed by atoms with van der Waals surface area (Å²) in [6.07, 6.45) is 2.69. The topological polar surface area (TPSA) is 102 Å². The number of aryl methyl sites for hydroxylation is 1. The van der Waals surface area contributed by atoms with Crippen LogP contribution in [0.2, 0.25) is 0 Å². The fraction of sp³-hybridized carbons (Fsp3) is 0.368.